The lowest BCUT2D eigenvalue weighted by atomic mass is 10.1. The number of nitrogens with zero attached hydrogens (tertiary/aromatic N) is 3. The molecular formula is C19H21N3O3. The van der Waals surface area contributed by atoms with Crippen LogP contribution < -0.4 is 0 Å². The number of hydrogen-bond donors (Lipinski definition) is 1. The molecule has 25 heavy (non-hydrogen) atoms. The highest BCUT2D eigenvalue weighted by atomic mass is 16.3. The molecule has 2 aromatic heterocycles. The van der Waals surface area contributed by atoms with Crippen LogP contribution in [0.3, 0.4) is 0 Å². The van der Waals surface area contributed by atoms with Crippen LogP contribution in [0.5, 0.6) is 0 Å². The zero-order chi connectivity index (χ0) is 17.8. The minimum absolute atomic E-state index is 0.0973. The summed E-state index contributed by atoms with van der Waals surface area (Å²) in [4.78, 5) is 18.6. The quantitative estimate of drug-likeness (QED) is 0.749. The molecule has 0 aliphatic heterocycles. The average Bonchev–Trinajstić information content (AvgIpc) is 3.23. The maximum atomic E-state index is 12.8. The van der Waals surface area contributed by atoms with Crippen molar-refractivity contribution < 1.29 is 14.3 Å². The topological polar surface area (TPSA) is 71.5 Å². The molecule has 0 saturated heterocycles. The summed E-state index contributed by atoms with van der Waals surface area (Å²) in [5, 5.41) is 9.29. The standard InChI is InChI=1S/C19H21N3O3/c1-14-3-8-17(25-14)15-4-6-16(7-5-15)19(24)22(11-12-23)13-18-20-9-10-21(18)2/h3-10,23H,11-13H2,1-2H3. The molecule has 2 heterocycles. The molecule has 1 N–H and O–H groups in total. The Morgan fingerprint density at radius 1 is 1.24 bits per heavy atom. The minimum Gasteiger partial charge on any atom is -0.461 e. The van der Waals surface area contributed by atoms with Crippen molar-refractivity contribution in [1.29, 1.82) is 0 Å². The van der Waals surface area contributed by atoms with E-state index in [1.54, 1.807) is 23.2 Å². The number of aryl methyl sites for hydroxylation is 2. The fourth-order valence-electron chi connectivity index (χ4n) is 2.64. The third kappa shape index (κ3) is 3.80. The van der Waals surface area contributed by atoms with Gasteiger partial charge in [0.15, 0.2) is 0 Å². The number of carbonyl (C=O) groups is 1. The molecule has 3 aromatic rings. The second kappa shape index (κ2) is 7.36. The van der Waals surface area contributed by atoms with Gasteiger partial charge in [-0.25, -0.2) is 4.98 Å². The Morgan fingerprint density at radius 2 is 2.00 bits per heavy atom. The predicted molar refractivity (Wildman–Crippen MR) is 93.9 cm³/mol. The number of aromatic nitrogens is 2. The molecule has 0 fully saturated rings. The number of benzene rings is 1. The summed E-state index contributed by atoms with van der Waals surface area (Å²) >= 11 is 0. The molecule has 1 amide bonds. The van der Waals surface area contributed by atoms with Gasteiger partial charge in [0, 0.05) is 37.1 Å². The van der Waals surface area contributed by atoms with Crippen molar-refractivity contribution in [3.8, 4) is 11.3 Å². The van der Waals surface area contributed by atoms with E-state index in [1.165, 1.54) is 0 Å². The highest BCUT2D eigenvalue weighted by Crippen LogP contribution is 2.22. The maximum absolute atomic E-state index is 12.8. The van der Waals surface area contributed by atoms with Crippen LogP contribution in [0.2, 0.25) is 0 Å². The first-order valence-corrected chi connectivity index (χ1v) is 8.11. The molecule has 1 aromatic carbocycles. The van der Waals surface area contributed by atoms with Crippen molar-refractivity contribution in [3.63, 3.8) is 0 Å². The first-order valence-electron chi connectivity index (χ1n) is 8.11. The average molecular weight is 339 g/mol. The van der Waals surface area contributed by atoms with Gasteiger partial charge in [0.2, 0.25) is 0 Å². The molecule has 0 bridgehead atoms. The van der Waals surface area contributed by atoms with E-state index < -0.39 is 0 Å². The Labute approximate surface area is 146 Å². The number of furan rings is 1. The Morgan fingerprint density at radius 3 is 2.56 bits per heavy atom. The lowest BCUT2D eigenvalue weighted by Crippen LogP contribution is -2.34. The van der Waals surface area contributed by atoms with Crippen LogP contribution in [0, 0.1) is 6.92 Å². The Hall–Kier alpha value is -2.86. The van der Waals surface area contributed by atoms with Crippen molar-refractivity contribution in [2.24, 2.45) is 7.05 Å². The molecule has 0 spiro atoms. The molecule has 0 saturated carbocycles. The van der Waals surface area contributed by atoms with Gasteiger partial charge in [-0.05, 0) is 31.2 Å². The fourth-order valence-corrected chi connectivity index (χ4v) is 2.64. The number of aliphatic hydroxyl groups excluding tert-OH is 1. The lowest BCUT2D eigenvalue weighted by molar-refractivity contribution is 0.0701. The number of imidazole rings is 1. The summed E-state index contributed by atoms with van der Waals surface area (Å²) in [6.07, 6.45) is 3.52. The molecule has 130 valence electrons. The van der Waals surface area contributed by atoms with E-state index in [-0.39, 0.29) is 19.1 Å². The van der Waals surface area contributed by atoms with Crippen LogP contribution >= 0.6 is 0 Å². The van der Waals surface area contributed by atoms with Crippen LogP contribution in [-0.4, -0.2) is 38.6 Å². The van der Waals surface area contributed by atoms with Gasteiger partial charge < -0.3 is 19.0 Å². The van der Waals surface area contributed by atoms with Gasteiger partial charge in [-0.2, -0.15) is 0 Å². The van der Waals surface area contributed by atoms with Gasteiger partial charge in [-0.15, -0.1) is 0 Å². The third-order valence-electron chi connectivity index (χ3n) is 4.07. The predicted octanol–water partition coefficient (Wildman–Crippen LogP) is 2.62. The SMILES string of the molecule is Cc1ccc(-c2ccc(C(=O)N(CCO)Cc3nccn3C)cc2)o1. The van der Waals surface area contributed by atoms with Crippen LogP contribution in [0.1, 0.15) is 21.9 Å². The number of carbonyl (C=O) groups excluding carboxylic acids is 1. The third-order valence-corrected chi connectivity index (χ3v) is 4.07. The molecule has 0 aliphatic rings. The minimum atomic E-state index is -0.140. The number of rotatable bonds is 6. The second-order valence-electron chi connectivity index (χ2n) is 5.89. The van der Waals surface area contributed by atoms with E-state index in [0.29, 0.717) is 12.1 Å². The van der Waals surface area contributed by atoms with E-state index in [0.717, 1.165) is 22.9 Å². The zero-order valence-corrected chi connectivity index (χ0v) is 14.3. The smallest absolute Gasteiger partial charge is 0.254 e. The first-order chi connectivity index (χ1) is 12.1. The molecule has 0 atom stereocenters. The van der Waals surface area contributed by atoms with Gasteiger partial charge in [-0.3, -0.25) is 4.79 Å². The van der Waals surface area contributed by atoms with Gasteiger partial charge in [0.05, 0.1) is 13.2 Å². The first kappa shape index (κ1) is 17.0. The van der Waals surface area contributed by atoms with Crippen molar-refractivity contribution in [3.05, 3.63) is 65.9 Å². The summed E-state index contributed by atoms with van der Waals surface area (Å²) in [6, 6.07) is 11.1. The van der Waals surface area contributed by atoms with Gasteiger partial charge in [0.25, 0.3) is 5.91 Å². The van der Waals surface area contributed by atoms with Crippen molar-refractivity contribution in [1.82, 2.24) is 14.5 Å². The normalized spacial score (nSPS) is 10.8. The molecule has 6 nitrogen and oxygen atoms in total. The van der Waals surface area contributed by atoms with Gasteiger partial charge in [0.1, 0.15) is 17.3 Å². The van der Waals surface area contributed by atoms with Crippen molar-refractivity contribution in [2.45, 2.75) is 13.5 Å². The molecule has 0 radical (unpaired) electrons. The van der Waals surface area contributed by atoms with Gasteiger partial charge >= 0.3 is 0 Å². The Balaban J connectivity index is 1.78. The summed E-state index contributed by atoms with van der Waals surface area (Å²) in [5.74, 6) is 2.25. The van der Waals surface area contributed by atoms with E-state index in [4.69, 9.17) is 4.42 Å². The molecule has 6 heteroatoms. The number of hydrogen-bond acceptors (Lipinski definition) is 4. The summed E-state index contributed by atoms with van der Waals surface area (Å²) < 4.78 is 7.46. The highest BCUT2D eigenvalue weighted by molar-refractivity contribution is 5.94. The van der Waals surface area contributed by atoms with Crippen LogP contribution in [-0.2, 0) is 13.6 Å². The van der Waals surface area contributed by atoms with Crippen LogP contribution in [0.25, 0.3) is 11.3 Å². The summed E-state index contributed by atoms with van der Waals surface area (Å²) in [5.41, 5.74) is 1.48. The second-order valence-corrected chi connectivity index (χ2v) is 5.89. The lowest BCUT2D eigenvalue weighted by Gasteiger charge is -2.21. The monoisotopic (exact) mass is 339 g/mol. The van der Waals surface area contributed by atoms with Gasteiger partial charge in [-0.1, -0.05) is 12.1 Å². The maximum Gasteiger partial charge on any atom is 0.254 e. The van der Waals surface area contributed by atoms with Crippen molar-refractivity contribution >= 4 is 5.91 Å². The number of amides is 1. The van der Waals surface area contributed by atoms with Crippen molar-refractivity contribution in [2.75, 3.05) is 13.2 Å². The largest absolute Gasteiger partial charge is 0.461 e. The van der Waals surface area contributed by atoms with E-state index >= 15 is 0 Å². The zero-order valence-electron chi connectivity index (χ0n) is 14.3. The highest BCUT2D eigenvalue weighted by Gasteiger charge is 2.17. The fraction of sp³-hybridized carbons (Fsp3) is 0.263. The molecule has 3 rings (SSSR count). The number of aliphatic hydroxyl groups is 1. The molecular weight excluding hydrogens is 318 g/mol. The van der Waals surface area contributed by atoms with E-state index in [9.17, 15) is 9.90 Å². The van der Waals surface area contributed by atoms with E-state index in [1.807, 2.05) is 49.0 Å². The Kier molecular flexibility index (Phi) is 5.00. The van der Waals surface area contributed by atoms with Crippen LogP contribution in [0.4, 0.5) is 0 Å². The molecule has 0 unspecified atom stereocenters. The van der Waals surface area contributed by atoms with E-state index in [2.05, 4.69) is 4.98 Å². The Bertz CT molecular complexity index is 849. The van der Waals surface area contributed by atoms with Crippen LogP contribution in [0.15, 0.2) is 53.2 Å². The molecule has 0 aliphatic carbocycles. The summed E-state index contributed by atoms with van der Waals surface area (Å²) in [6.45, 7) is 2.40. The summed E-state index contributed by atoms with van der Waals surface area (Å²) in [7, 11) is 1.88.